The molecular weight excluding hydrogens is 322 g/mol. The monoisotopic (exact) mass is 343 g/mol. The molecule has 1 aliphatic heterocycles. The molecule has 0 saturated carbocycles. The SMILES string of the molecule is CCc1nnc2n1C[C@H](CNCc1coc(-c3cccs3)n1)CC2. The van der Waals surface area contributed by atoms with Crippen LogP contribution in [0.5, 0.6) is 0 Å². The number of aromatic nitrogens is 4. The molecule has 3 aromatic heterocycles. The molecule has 0 aromatic carbocycles. The van der Waals surface area contributed by atoms with Crippen molar-refractivity contribution in [1.29, 1.82) is 0 Å². The second kappa shape index (κ2) is 6.86. The fourth-order valence-corrected chi connectivity index (χ4v) is 3.84. The number of hydrogen-bond acceptors (Lipinski definition) is 6. The fraction of sp³-hybridized carbons (Fsp3) is 0.471. The van der Waals surface area contributed by atoms with Gasteiger partial charge in [0.05, 0.1) is 10.6 Å². The first kappa shape index (κ1) is 15.5. The summed E-state index contributed by atoms with van der Waals surface area (Å²) >= 11 is 1.64. The van der Waals surface area contributed by atoms with Crippen molar-refractivity contribution >= 4 is 11.3 Å². The van der Waals surface area contributed by atoms with E-state index >= 15 is 0 Å². The highest BCUT2D eigenvalue weighted by Crippen LogP contribution is 2.24. The number of hydrogen-bond donors (Lipinski definition) is 1. The fourth-order valence-electron chi connectivity index (χ4n) is 3.18. The average Bonchev–Trinajstić information content (AvgIpc) is 3.34. The summed E-state index contributed by atoms with van der Waals surface area (Å²) in [4.78, 5) is 5.62. The van der Waals surface area contributed by atoms with Crippen LogP contribution in [0.4, 0.5) is 0 Å². The Kier molecular flexibility index (Phi) is 4.44. The van der Waals surface area contributed by atoms with Gasteiger partial charge in [-0.3, -0.25) is 0 Å². The maximum Gasteiger partial charge on any atom is 0.236 e. The number of fused-ring (bicyclic) bond motifs is 1. The number of thiophene rings is 1. The number of nitrogens with zero attached hydrogens (tertiary/aromatic N) is 4. The van der Waals surface area contributed by atoms with E-state index in [9.17, 15) is 0 Å². The quantitative estimate of drug-likeness (QED) is 0.745. The van der Waals surface area contributed by atoms with Crippen LogP contribution in [0, 0.1) is 5.92 Å². The standard InChI is InChI=1S/C17H21N5OS/c1-2-15-20-21-16-6-5-12(10-22(15)16)8-18-9-13-11-23-17(19-13)14-4-3-7-24-14/h3-4,7,11-12,18H,2,5-6,8-10H2,1H3/t12-/m0/s1. The van der Waals surface area contributed by atoms with Gasteiger partial charge in [0.2, 0.25) is 5.89 Å². The smallest absolute Gasteiger partial charge is 0.236 e. The van der Waals surface area contributed by atoms with Gasteiger partial charge in [0, 0.05) is 32.5 Å². The van der Waals surface area contributed by atoms with E-state index in [1.807, 2.05) is 17.5 Å². The summed E-state index contributed by atoms with van der Waals surface area (Å²) in [7, 11) is 0. The van der Waals surface area contributed by atoms with Gasteiger partial charge in [-0.25, -0.2) is 4.98 Å². The van der Waals surface area contributed by atoms with Crippen LogP contribution in [0.15, 0.2) is 28.2 Å². The zero-order chi connectivity index (χ0) is 16.4. The van der Waals surface area contributed by atoms with E-state index in [1.54, 1.807) is 17.6 Å². The minimum atomic E-state index is 0.613. The molecule has 1 aliphatic rings. The van der Waals surface area contributed by atoms with E-state index in [1.165, 1.54) is 0 Å². The van der Waals surface area contributed by atoms with Crippen LogP contribution in [0.2, 0.25) is 0 Å². The molecule has 0 saturated heterocycles. The third kappa shape index (κ3) is 3.14. The molecule has 0 fully saturated rings. The Bertz CT molecular complexity index is 778. The Hall–Kier alpha value is -1.99. The van der Waals surface area contributed by atoms with Gasteiger partial charge in [0.15, 0.2) is 0 Å². The summed E-state index contributed by atoms with van der Waals surface area (Å²) in [5.41, 5.74) is 0.952. The van der Waals surface area contributed by atoms with Crippen molar-refractivity contribution in [3.8, 4) is 10.8 Å². The Labute approximate surface area is 144 Å². The summed E-state index contributed by atoms with van der Waals surface area (Å²) in [6.07, 6.45) is 4.87. The van der Waals surface area contributed by atoms with Crippen molar-refractivity contribution in [2.24, 2.45) is 5.92 Å². The lowest BCUT2D eigenvalue weighted by atomic mass is 9.99. The van der Waals surface area contributed by atoms with Crippen LogP contribution < -0.4 is 5.32 Å². The van der Waals surface area contributed by atoms with Gasteiger partial charge in [-0.2, -0.15) is 0 Å². The number of nitrogens with one attached hydrogen (secondary N) is 1. The second-order valence-electron chi connectivity index (χ2n) is 6.15. The highest BCUT2D eigenvalue weighted by Gasteiger charge is 2.22. The van der Waals surface area contributed by atoms with Crippen molar-refractivity contribution < 1.29 is 4.42 Å². The Balaban J connectivity index is 1.30. The molecule has 0 radical (unpaired) electrons. The topological polar surface area (TPSA) is 68.8 Å². The van der Waals surface area contributed by atoms with E-state index in [0.717, 1.165) is 61.1 Å². The van der Waals surface area contributed by atoms with Gasteiger partial charge in [-0.15, -0.1) is 21.5 Å². The summed E-state index contributed by atoms with van der Waals surface area (Å²) in [6, 6.07) is 4.03. The van der Waals surface area contributed by atoms with E-state index in [0.29, 0.717) is 11.8 Å². The molecule has 0 bridgehead atoms. The molecule has 3 aromatic rings. The van der Waals surface area contributed by atoms with Crippen molar-refractivity contribution in [2.75, 3.05) is 6.54 Å². The third-order valence-electron chi connectivity index (χ3n) is 4.46. The van der Waals surface area contributed by atoms with Crippen molar-refractivity contribution in [2.45, 2.75) is 39.3 Å². The predicted molar refractivity (Wildman–Crippen MR) is 92.7 cm³/mol. The third-order valence-corrected chi connectivity index (χ3v) is 5.32. The molecule has 6 nitrogen and oxygen atoms in total. The van der Waals surface area contributed by atoms with Crippen molar-refractivity contribution in [3.05, 3.63) is 41.1 Å². The minimum Gasteiger partial charge on any atom is -0.444 e. The zero-order valence-electron chi connectivity index (χ0n) is 13.7. The first-order valence-corrected chi connectivity index (χ1v) is 9.31. The van der Waals surface area contributed by atoms with Crippen LogP contribution in [0.25, 0.3) is 10.8 Å². The highest BCUT2D eigenvalue weighted by atomic mass is 32.1. The van der Waals surface area contributed by atoms with Crippen LogP contribution in [0.1, 0.15) is 30.7 Å². The average molecular weight is 343 g/mol. The van der Waals surface area contributed by atoms with Gasteiger partial charge < -0.3 is 14.3 Å². The van der Waals surface area contributed by atoms with Crippen LogP contribution in [0.3, 0.4) is 0 Å². The van der Waals surface area contributed by atoms with E-state index in [4.69, 9.17) is 4.42 Å². The Morgan fingerprint density at radius 1 is 1.42 bits per heavy atom. The summed E-state index contributed by atoms with van der Waals surface area (Å²) in [5, 5.41) is 14.1. The molecule has 4 heterocycles. The molecule has 7 heteroatoms. The Morgan fingerprint density at radius 2 is 2.38 bits per heavy atom. The molecule has 0 amide bonds. The van der Waals surface area contributed by atoms with Gasteiger partial charge in [0.25, 0.3) is 0 Å². The summed E-state index contributed by atoms with van der Waals surface area (Å²) in [5.74, 6) is 3.57. The predicted octanol–water partition coefficient (Wildman–Crippen LogP) is 2.91. The van der Waals surface area contributed by atoms with Gasteiger partial charge in [-0.05, 0) is 23.8 Å². The molecule has 1 atom stereocenters. The van der Waals surface area contributed by atoms with E-state index < -0.39 is 0 Å². The van der Waals surface area contributed by atoms with E-state index in [2.05, 4.69) is 32.0 Å². The lowest BCUT2D eigenvalue weighted by Gasteiger charge is -2.24. The number of aryl methyl sites for hydroxylation is 2. The normalized spacial score (nSPS) is 17.1. The molecule has 126 valence electrons. The van der Waals surface area contributed by atoms with Gasteiger partial charge >= 0.3 is 0 Å². The maximum absolute atomic E-state index is 5.56. The highest BCUT2D eigenvalue weighted by molar-refractivity contribution is 7.13. The zero-order valence-corrected chi connectivity index (χ0v) is 14.6. The first-order valence-electron chi connectivity index (χ1n) is 8.43. The van der Waals surface area contributed by atoms with E-state index in [-0.39, 0.29) is 0 Å². The summed E-state index contributed by atoms with van der Waals surface area (Å²) < 4.78 is 7.85. The Morgan fingerprint density at radius 3 is 3.21 bits per heavy atom. The number of rotatable bonds is 6. The van der Waals surface area contributed by atoms with Gasteiger partial charge in [-0.1, -0.05) is 13.0 Å². The molecule has 0 unspecified atom stereocenters. The molecular formula is C17H21N5OS. The largest absolute Gasteiger partial charge is 0.444 e. The van der Waals surface area contributed by atoms with Crippen LogP contribution >= 0.6 is 11.3 Å². The maximum atomic E-state index is 5.56. The van der Waals surface area contributed by atoms with Crippen molar-refractivity contribution in [3.63, 3.8) is 0 Å². The number of oxazole rings is 1. The van der Waals surface area contributed by atoms with Crippen LogP contribution in [-0.4, -0.2) is 26.3 Å². The summed E-state index contributed by atoms with van der Waals surface area (Å²) in [6.45, 7) is 4.86. The lowest BCUT2D eigenvalue weighted by molar-refractivity contribution is 0.342. The molecule has 24 heavy (non-hydrogen) atoms. The van der Waals surface area contributed by atoms with Crippen molar-refractivity contribution in [1.82, 2.24) is 25.1 Å². The molecule has 0 spiro atoms. The van der Waals surface area contributed by atoms with Gasteiger partial charge in [0.1, 0.15) is 17.9 Å². The second-order valence-corrected chi connectivity index (χ2v) is 7.10. The van der Waals surface area contributed by atoms with Crippen LogP contribution in [-0.2, 0) is 25.9 Å². The molecule has 4 rings (SSSR count). The first-order chi connectivity index (χ1) is 11.8. The molecule has 0 aliphatic carbocycles. The lowest BCUT2D eigenvalue weighted by Crippen LogP contribution is -2.30. The minimum absolute atomic E-state index is 0.613. The molecule has 1 N–H and O–H groups in total.